The lowest BCUT2D eigenvalue weighted by Crippen LogP contribution is -2.12. The molecule has 0 bridgehead atoms. The third-order valence-corrected chi connectivity index (χ3v) is 4.85. The molecule has 0 radical (unpaired) electrons. The van der Waals surface area contributed by atoms with E-state index in [1.807, 2.05) is 25.1 Å². The van der Waals surface area contributed by atoms with Gasteiger partial charge in [-0.05, 0) is 37.5 Å². The van der Waals surface area contributed by atoms with Gasteiger partial charge in [0.25, 0.3) is 0 Å². The van der Waals surface area contributed by atoms with Crippen LogP contribution in [-0.2, 0) is 10.8 Å². The fourth-order valence-corrected chi connectivity index (χ4v) is 3.82. The molecule has 1 unspecified atom stereocenters. The first-order valence-corrected chi connectivity index (χ1v) is 6.66. The molecule has 1 saturated carbocycles. The van der Waals surface area contributed by atoms with Crippen molar-refractivity contribution in [2.45, 2.75) is 42.8 Å². The summed E-state index contributed by atoms with van der Waals surface area (Å²) in [7, 11) is -0.906. The van der Waals surface area contributed by atoms with E-state index in [4.69, 9.17) is 5.73 Å². The van der Waals surface area contributed by atoms with Gasteiger partial charge in [-0.2, -0.15) is 0 Å². The summed E-state index contributed by atoms with van der Waals surface area (Å²) >= 11 is 0. The largest absolute Gasteiger partial charge is 0.398 e. The van der Waals surface area contributed by atoms with Crippen LogP contribution in [-0.4, -0.2) is 9.46 Å². The first-order valence-electron chi connectivity index (χ1n) is 5.45. The highest BCUT2D eigenvalue weighted by Gasteiger charge is 2.23. The molecule has 0 aliphatic heterocycles. The summed E-state index contributed by atoms with van der Waals surface area (Å²) in [6, 6.07) is 5.78. The van der Waals surface area contributed by atoms with Crippen LogP contribution in [0.3, 0.4) is 0 Å². The smallest absolute Gasteiger partial charge is 0.0622 e. The van der Waals surface area contributed by atoms with Gasteiger partial charge in [-0.15, -0.1) is 0 Å². The summed E-state index contributed by atoms with van der Waals surface area (Å²) in [5, 5.41) is 0.328. The SMILES string of the molecule is Cc1ccc(N)c(S(=O)C2CCCC2)c1. The van der Waals surface area contributed by atoms with Crippen LogP contribution in [0.2, 0.25) is 0 Å². The molecular formula is C12H17NOS. The van der Waals surface area contributed by atoms with E-state index < -0.39 is 10.8 Å². The quantitative estimate of drug-likeness (QED) is 0.783. The Morgan fingerprint density at radius 3 is 2.67 bits per heavy atom. The van der Waals surface area contributed by atoms with Gasteiger partial charge in [-0.1, -0.05) is 18.9 Å². The highest BCUT2D eigenvalue weighted by molar-refractivity contribution is 7.85. The molecule has 2 N–H and O–H groups in total. The Morgan fingerprint density at radius 1 is 1.33 bits per heavy atom. The molecule has 1 aliphatic rings. The van der Waals surface area contributed by atoms with Crippen molar-refractivity contribution in [2.24, 2.45) is 0 Å². The lowest BCUT2D eigenvalue weighted by atomic mass is 10.2. The van der Waals surface area contributed by atoms with E-state index in [0.717, 1.165) is 23.3 Å². The number of nitrogens with two attached hydrogens (primary N) is 1. The standard InChI is InChI=1S/C12H17NOS/c1-9-6-7-11(13)12(8-9)15(14)10-4-2-3-5-10/h6-8,10H,2-5,13H2,1H3. The van der Waals surface area contributed by atoms with Gasteiger partial charge in [0.2, 0.25) is 0 Å². The van der Waals surface area contributed by atoms with Crippen LogP contribution in [0.1, 0.15) is 31.2 Å². The second-order valence-electron chi connectivity index (χ2n) is 4.25. The molecule has 0 aromatic heterocycles. The van der Waals surface area contributed by atoms with E-state index in [9.17, 15) is 4.21 Å². The minimum Gasteiger partial charge on any atom is -0.398 e. The normalized spacial score (nSPS) is 19.3. The predicted molar refractivity (Wildman–Crippen MR) is 64.3 cm³/mol. The average Bonchev–Trinajstić information content (AvgIpc) is 2.74. The molecule has 1 aromatic rings. The number of hydrogen-bond donors (Lipinski definition) is 1. The van der Waals surface area contributed by atoms with Crippen molar-refractivity contribution in [3.8, 4) is 0 Å². The van der Waals surface area contributed by atoms with Gasteiger partial charge in [0.15, 0.2) is 0 Å². The molecule has 82 valence electrons. The summed E-state index contributed by atoms with van der Waals surface area (Å²) in [4.78, 5) is 0.835. The maximum Gasteiger partial charge on any atom is 0.0622 e. The number of aryl methyl sites for hydroxylation is 1. The van der Waals surface area contributed by atoms with Crippen LogP contribution in [0.25, 0.3) is 0 Å². The molecule has 15 heavy (non-hydrogen) atoms. The molecule has 1 atom stereocenters. The Labute approximate surface area is 93.3 Å². The zero-order valence-corrected chi connectivity index (χ0v) is 9.85. The summed E-state index contributed by atoms with van der Waals surface area (Å²) in [6.45, 7) is 2.01. The Balaban J connectivity index is 2.27. The summed E-state index contributed by atoms with van der Waals surface area (Å²) < 4.78 is 12.3. The van der Waals surface area contributed by atoms with Gasteiger partial charge < -0.3 is 5.73 Å². The number of anilines is 1. The molecule has 2 nitrogen and oxygen atoms in total. The minimum absolute atomic E-state index is 0.328. The molecule has 2 rings (SSSR count). The van der Waals surface area contributed by atoms with Crippen LogP contribution in [0.15, 0.2) is 23.1 Å². The van der Waals surface area contributed by atoms with Crippen LogP contribution in [0.4, 0.5) is 5.69 Å². The van der Waals surface area contributed by atoms with Crippen molar-refractivity contribution >= 4 is 16.5 Å². The number of rotatable bonds is 2. The van der Waals surface area contributed by atoms with Crippen molar-refractivity contribution in [3.05, 3.63) is 23.8 Å². The second kappa shape index (κ2) is 4.35. The molecule has 0 amide bonds. The third kappa shape index (κ3) is 2.23. The van der Waals surface area contributed by atoms with E-state index in [1.165, 1.54) is 12.8 Å². The molecule has 0 spiro atoms. The maximum atomic E-state index is 12.3. The molecular weight excluding hydrogens is 206 g/mol. The average molecular weight is 223 g/mol. The lowest BCUT2D eigenvalue weighted by molar-refractivity contribution is 0.669. The molecule has 1 aliphatic carbocycles. The van der Waals surface area contributed by atoms with Gasteiger partial charge in [-0.3, -0.25) is 4.21 Å². The zero-order chi connectivity index (χ0) is 10.8. The second-order valence-corrected chi connectivity index (χ2v) is 5.95. The molecule has 1 fully saturated rings. The highest BCUT2D eigenvalue weighted by atomic mass is 32.2. The van der Waals surface area contributed by atoms with E-state index in [-0.39, 0.29) is 0 Å². The Morgan fingerprint density at radius 2 is 2.00 bits per heavy atom. The van der Waals surface area contributed by atoms with Crippen molar-refractivity contribution in [2.75, 3.05) is 5.73 Å². The summed E-state index contributed by atoms with van der Waals surface area (Å²) in [5.41, 5.74) is 7.67. The van der Waals surface area contributed by atoms with Crippen molar-refractivity contribution < 1.29 is 4.21 Å². The maximum absolute atomic E-state index is 12.3. The van der Waals surface area contributed by atoms with Crippen LogP contribution >= 0.6 is 0 Å². The van der Waals surface area contributed by atoms with E-state index in [0.29, 0.717) is 10.9 Å². The van der Waals surface area contributed by atoms with Crippen molar-refractivity contribution in [1.82, 2.24) is 0 Å². The van der Waals surface area contributed by atoms with Gasteiger partial charge in [0, 0.05) is 10.9 Å². The Hall–Kier alpha value is -0.830. The van der Waals surface area contributed by atoms with E-state index >= 15 is 0 Å². The lowest BCUT2D eigenvalue weighted by Gasteiger charge is -2.11. The molecule has 1 aromatic carbocycles. The topological polar surface area (TPSA) is 43.1 Å². The van der Waals surface area contributed by atoms with Crippen LogP contribution in [0, 0.1) is 6.92 Å². The zero-order valence-electron chi connectivity index (χ0n) is 9.03. The molecule has 3 heteroatoms. The van der Waals surface area contributed by atoms with E-state index in [1.54, 1.807) is 0 Å². The minimum atomic E-state index is -0.906. The first kappa shape index (κ1) is 10.7. The van der Waals surface area contributed by atoms with Gasteiger partial charge in [0.1, 0.15) is 0 Å². The fraction of sp³-hybridized carbons (Fsp3) is 0.500. The van der Waals surface area contributed by atoms with Gasteiger partial charge >= 0.3 is 0 Å². The number of nitrogen functional groups attached to an aromatic ring is 1. The molecule has 0 heterocycles. The third-order valence-electron chi connectivity index (χ3n) is 2.99. The number of hydrogen-bond acceptors (Lipinski definition) is 2. The van der Waals surface area contributed by atoms with Crippen LogP contribution in [0.5, 0.6) is 0 Å². The Kier molecular flexibility index (Phi) is 3.10. The first-order chi connectivity index (χ1) is 7.18. The van der Waals surface area contributed by atoms with Crippen molar-refractivity contribution in [1.29, 1.82) is 0 Å². The monoisotopic (exact) mass is 223 g/mol. The van der Waals surface area contributed by atoms with Gasteiger partial charge in [0.05, 0.1) is 15.7 Å². The fourth-order valence-electron chi connectivity index (χ4n) is 2.10. The predicted octanol–water partition coefficient (Wildman–Crippen LogP) is 2.63. The molecule has 0 saturated heterocycles. The Bertz CT molecular complexity index is 383. The van der Waals surface area contributed by atoms with Gasteiger partial charge in [-0.25, -0.2) is 0 Å². The number of benzene rings is 1. The highest BCUT2D eigenvalue weighted by Crippen LogP contribution is 2.29. The van der Waals surface area contributed by atoms with E-state index in [2.05, 4.69) is 0 Å². The van der Waals surface area contributed by atoms with Crippen LogP contribution < -0.4 is 5.73 Å². The summed E-state index contributed by atoms with van der Waals surface area (Å²) in [5.74, 6) is 0. The van der Waals surface area contributed by atoms with Crippen molar-refractivity contribution in [3.63, 3.8) is 0 Å². The summed E-state index contributed by atoms with van der Waals surface area (Å²) in [6.07, 6.45) is 4.59.